The average Bonchev–Trinajstić information content (AvgIpc) is 2.69. The molecule has 3 rings (SSSR count). The van der Waals surface area contributed by atoms with Gasteiger partial charge in [-0.15, -0.1) is 0 Å². The van der Waals surface area contributed by atoms with E-state index in [4.69, 9.17) is 14.2 Å². The number of amides is 1. The first-order valence-electron chi connectivity index (χ1n) is 9.63. The molecule has 1 aliphatic heterocycles. The molecule has 0 aromatic heterocycles. The van der Waals surface area contributed by atoms with Crippen LogP contribution in [0.25, 0.3) is 0 Å². The molecule has 0 radical (unpaired) electrons. The Bertz CT molecular complexity index is 777. The highest BCUT2D eigenvalue weighted by Crippen LogP contribution is 2.30. The summed E-state index contributed by atoms with van der Waals surface area (Å²) in [6.07, 6.45) is 0.753. The van der Waals surface area contributed by atoms with Crippen molar-refractivity contribution in [3.05, 3.63) is 53.6 Å². The van der Waals surface area contributed by atoms with E-state index >= 15 is 0 Å². The lowest BCUT2D eigenvalue weighted by molar-refractivity contribution is -0.121. The average molecular weight is 384 g/mol. The summed E-state index contributed by atoms with van der Waals surface area (Å²) in [6.45, 7) is 5.38. The maximum absolute atomic E-state index is 12.1. The number of fused-ring (bicyclic) bond motifs is 1. The summed E-state index contributed by atoms with van der Waals surface area (Å²) in [5.41, 5.74) is 2.32. The van der Waals surface area contributed by atoms with Gasteiger partial charge in [0.2, 0.25) is 5.91 Å². The maximum Gasteiger partial charge on any atom is 0.234 e. The second-order valence-electron chi connectivity index (χ2n) is 6.98. The van der Waals surface area contributed by atoms with Gasteiger partial charge in [-0.25, -0.2) is 0 Å². The zero-order chi connectivity index (χ0) is 19.8. The highest BCUT2D eigenvalue weighted by Gasteiger charge is 2.12. The molecule has 0 unspecified atom stereocenters. The van der Waals surface area contributed by atoms with Crippen molar-refractivity contribution in [2.24, 2.45) is 0 Å². The van der Waals surface area contributed by atoms with Gasteiger partial charge in [0.1, 0.15) is 25.6 Å². The molecule has 28 heavy (non-hydrogen) atoms. The molecule has 1 heterocycles. The van der Waals surface area contributed by atoms with E-state index in [1.165, 1.54) is 5.56 Å². The monoisotopic (exact) mass is 384 g/mol. The highest BCUT2D eigenvalue weighted by atomic mass is 16.6. The molecule has 0 saturated heterocycles. The predicted molar refractivity (Wildman–Crippen MR) is 108 cm³/mol. The van der Waals surface area contributed by atoms with Crippen molar-refractivity contribution in [2.45, 2.75) is 13.3 Å². The van der Waals surface area contributed by atoms with Gasteiger partial charge in [-0.2, -0.15) is 0 Å². The number of ether oxygens (including phenoxy) is 3. The van der Waals surface area contributed by atoms with E-state index in [0.29, 0.717) is 39.5 Å². The Hall–Kier alpha value is -2.73. The van der Waals surface area contributed by atoms with Crippen LogP contribution in [-0.2, 0) is 11.2 Å². The molecule has 0 bridgehead atoms. The Morgan fingerprint density at radius 3 is 2.64 bits per heavy atom. The summed E-state index contributed by atoms with van der Waals surface area (Å²) in [5.74, 6) is 2.43. The normalized spacial score (nSPS) is 12.7. The number of nitrogens with one attached hydrogen (secondary N) is 1. The summed E-state index contributed by atoms with van der Waals surface area (Å²) in [6, 6.07) is 13.9. The number of carbonyl (C=O) groups excluding carboxylic acids is 1. The summed E-state index contributed by atoms with van der Waals surface area (Å²) < 4.78 is 16.8. The summed E-state index contributed by atoms with van der Waals surface area (Å²) >= 11 is 0. The van der Waals surface area contributed by atoms with Crippen LogP contribution in [0.3, 0.4) is 0 Å². The number of hydrogen-bond acceptors (Lipinski definition) is 5. The number of hydrogen-bond donors (Lipinski definition) is 1. The van der Waals surface area contributed by atoms with E-state index < -0.39 is 0 Å². The summed E-state index contributed by atoms with van der Waals surface area (Å²) in [7, 11) is 1.92. The van der Waals surface area contributed by atoms with Crippen molar-refractivity contribution < 1.29 is 19.0 Å². The van der Waals surface area contributed by atoms with Gasteiger partial charge in [-0.1, -0.05) is 23.8 Å². The molecular formula is C22H28N2O4. The van der Waals surface area contributed by atoms with Gasteiger partial charge in [0, 0.05) is 13.1 Å². The molecule has 6 heteroatoms. The lowest BCUT2D eigenvalue weighted by atomic mass is 10.1. The van der Waals surface area contributed by atoms with Crippen LogP contribution in [0.2, 0.25) is 0 Å². The highest BCUT2D eigenvalue weighted by molar-refractivity contribution is 5.77. The molecule has 0 saturated carbocycles. The van der Waals surface area contributed by atoms with Crippen molar-refractivity contribution in [3.63, 3.8) is 0 Å². The third-order valence-corrected chi connectivity index (χ3v) is 4.52. The summed E-state index contributed by atoms with van der Waals surface area (Å²) in [4.78, 5) is 14.1. The van der Waals surface area contributed by atoms with E-state index in [2.05, 4.69) is 5.32 Å². The molecule has 2 aromatic rings. The molecule has 1 aliphatic rings. The van der Waals surface area contributed by atoms with Gasteiger partial charge >= 0.3 is 0 Å². The van der Waals surface area contributed by atoms with Crippen LogP contribution < -0.4 is 19.5 Å². The Morgan fingerprint density at radius 2 is 1.86 bits per heavy atom. The van der Waals surface area contributed by atoms with Crippen molar-refractivity contribution in [1.82, 2.24) is 10.2 Å². The molecule has 150 valence electrons. The number of aryl methyl sites for hydroxylation is 1. The number of likely N-dealkylation sites (N-methyl/N-ethyl adjacent to an activating group) is 1. The van der Waals surface area contributed by atoms with Crippen molar-refractivity contribution >= 4 is 5.91 Å². The minimum absolute atomic E-state index is 0.00961. The lowest BCUT2D eigenvalue weighted by Gasteiger charge is -2.19. The number of carbonyl (C=O) groups is 1. The Kier molecular flexibility index (Phi) is 7.14. The largest absolute Gasteiger partial charge is 0.492 e. The number of rotatable bonds is 9. The van der Waals surface area contributed by atoms with Gasteiger partial charge < -0.3 is 19.5 Å². The Labute approximate surface area is 166 Å². The topological polar surface area (TPSA) is 60.0 Å². The minimum atomic E-state index is 0.00961. The number of nitrogens with zero attached hydrogens (tertiary/aromatic N) is 1. The Balaban J connectivity index is 1.32. The van der Waals surface area contributed by atoms with Crippen molar-refractivity contribution in [2.75, 3.05) is 46.5 Å². The lowest BCUT2D eigenvalue weighted by Crippen LogP contribution is -2.37. The quantitative estimate of drug-likeness (QED) is 0.720. The van der Waals surface area contributed by atoms with Crippen LogP contribution >= 0.6 is 0 Å². The third-order valence-electron chi connectivity index (χ3n) is 4.52. The fraction of sp³-hybridized carbons (Fsp3) is 0.409. The van der Waals surface area contributed by atoms with E-state index in [1.54, 1.807) is 0 Å². The smallest absolute Gasteiger partial charge is 0.234 e. The van der Waals surface area contributed by atoms with E-state index in [-0.39, 0.29) is 5.91 Å². The molecular weight excluding hydrogens is 356 g/mol. The minimum Gasteiger partial charge on any atom is -0.492 e. The molecule has 0 aliphatic carbocycles. The van der Waals surface area contributed by atoms with Gasteiger partial charge in [0.15, 0.2) is 11.5 Å². The predicted octanol–water partition coefficient (Wildman–Crippen LogP) is 2.44. The molecule has 0 fully saturated rings. The number of benzene rings is 2. The van der Waals surface area contributed by atoms with E-state index in [1.807, 2.05) is 61.3 Å². The summed E-state index contributed by atoms with van der Waals surface area (Å²) in [5, 5.41) is 2.96. The van der Waals surface area contributed by atoms with E-state index in [9.17, 15) is 4.79 Å². The van der Waals surface area contributed by atoms with Crippen LogP contribution in [0.5, 0.6) is 17.2 Å². The van der Waals surface area contributed by atoms with Crippen LogP contribution in [0.1, 0.15) is 11.1 Å². The molecule has 0 atom stereocenters. The van der Waals surface area contributed by atoms with Crippen molar-refractivity contribution in [1.29, 1.82) is 0 Å². The first-order chi connectivity index (χ1) is 13.6. The van der Waals surface area contributed by atoms with Gasteiger partial charge in [0.25, 0.3) is 0 Å². The molecule has 1 N–H and O–H groups in total. The van der Waals surface area contributed by atoms with Gasteiger partial charge in [0.05, 0.1) is 6.54 Å². The maximum atomic E-state index is 12.1. The van der Waals surface area contributed by atoms with Gasteiger partial charge in [-0.3, -0.25) is 9.69 Å². The molecule has 1 amide bonds. The fourth-order valence-corrected chi connectivity index (χ4v) is 2.92. The third kappa shape index (κ3) is 6.16. The molecule has 0 spiro atoms. The fourth-order valence-electron chi connectivity index (χ4n) is 2.92. The zero-order valence-electron chi connectivity index (χ0n) is 16.6. The van der Waals surface area contributed by atoms with Crippen LogP contribution in [0.4, 0.5) is 0 Å². The second kappa shape index (κ2) is 9.99. The van der Waals surface area contributed by atoms with Crippen LogP contribution in [0, 0.1) is 6.92 Å². The van der Waals surface area contributed by atoms with Crippen LogP contribution in [-0.4, -0.2) is 57.3 Å². The standard InChI is InChI=1S/C22H28N2O4/c1-17-3-6-19(7-4-17)26-12-11-24(2)16-22(25)23-10-9-18-5-8-20-21(15-18)28-14-13-27-20/h3-8,15H,9-14,16H2,1-2H3,(H,23,25). The first kappa shape index (κ1) is 20.0. The zero-order valence-corrected chi connectivity index (χ0v) is 16.6. The Morgan fingerprint density at radius 1 is 1.11 bits per heavy atom. The van der Waals surface area contributed by atoms with Crippen molar-refractivity contribution in [3.8, 4) is 17.2 Å². The van der Waals surface area contributed by atoms with Crippen LogP contribution in [0.15, 0.2) is 42.5 Å². The second-order valence-corrected chi connectivity index (χ2v) is 6.98. The van der Waals surface area contributed by atoms with Gasteiger partial charge in [-0.05, 0) is 50.2 Å². The first-order valence-corrected chi connectivity index (χ1v) is 9.63. The SMILES string of the molecule is Cc1ccc(OCCN(C)CC(=O)NCCc2ccc3c(c2)OCCO3)cc1. The van der Waals surface area contributed by atoms with E-state index in [0.717, 1.165) is 29.2 Å². The molecule has 6 nitrogen and oxygen atoms in total. The molecule has 2 aromatic carbocycles.